The first-order valence-corrected chi connectivity index (χ1v) is 7.81. The molecule has 0 atom stereocenters. The predicted octanol–water partition coefficient (Wildman–Crippen LogP) is 4.53. The van der Waals surface area contributed by atoms with E-state index in [9.17, 15) is 0 Å². The molecule has 3 rings (SSSR count). The standard InChI is InChI=1S/C18H17ClN4/c19-15-8-4-5-9-16(15)22-18-21-13-11-17(23-18)20-12-10-14-6-2-1-3-7-14/h1-9,11,13H,10,12H2,(H2,20,21,22,23). The summed E-state index contributed by atoms with van der Waals surface area (Å²) in [6.45, 7) is 0.812. The van der Waals surface area contributed by atoms with Crippen LogP contribution >= 0.6 is 11.6 Å². The van der Waals surface area contributed by atoms with Gasteiger partial charge in [-0.2, -0.15) is 4.98 Å². The molecule has 3 aromatic rings. The number of hydrogen-bond donors (Lipinski definition) is 2. The molecule has 0 spiro atoms. The number of aromatic nitrogens is 2. The van der Waals surface area contributed by atoms with Crippen LogP contribution in [0.15, 0.2) is 66.9 Å². The van der Waals surface area contributed by atoms with Crippen molar-refractivity contribution in [1.29, 1.82) is 0 Å². The van der Waals surface area contributed by atoms with E-state index in [1.165, 1.54) is 5.56 Å². The number of benzene rings is 2. The molecule has 2 aromatic carbocycles. The lowest BCUT2D eigenvalue weighted by Crippen LogP contribution is -2.07. The Morgan fingerprint density at radius 2 is 1.70 bits per heavy atom. The van der Waals surface area contributed by atoms with Gasteiger partial charge in [0.1, 0.15) is 5.82 Å². The number of nitrogens with zero attached hydrogens (tertiary/aromatic N) is 2. The molecule has 23 heavy (non-hydrogen) atoms. The average molecular weight is 325 g/mol. The molecular formula is C18H17ClN4. The zero-order valence-corrected chi connectivity index (χ0v) is 13.3. The average Bonchev–Trinajstić information content (AvgIpc) is 2.58. The number of rotatable bonds is 6. The highest BCUT2D eigenvalue weighted by Gasteiger charge is 2.03. The summed E-state index contributed by atoms with van der Waals surface area (Å²) in [6.07, 6.45) is 2.66. The van der Waals surface area contributed by atoms with E-state index in [1.807, 2.05) is 48.5 Å². The molecular weight excluding hydrogens is 308 g/mol. The van der Waals surface area contributed by atoms with Crippen LogP contribution in [0.2, 0.25) is 5.02 Å². The summed E-state index contributed by atoms with van der Waals surface area (Å²) in [6, 6.07) is 19.7. The molecule has 0 radical (unpaired) electrons. The Bertz CT molecular complexity index is 762. The summed E-state index contributed by atoms with van der Waals surface area (Å²) in [5.74, 6) is 1.30. The van der Waals surface area contributed by atoms with Gasteiger partial charge in [-0.15, -0.1) is 0 Å². The fourth-order valence-corrected chi connectivity index (χ4v) is 2.36. The Balaban J connectivity index is 1.60. The Morgan fingerprint density at radius 1 is 0.913 bits per heavy atom. The summed E-state index contributed by atoms with van der Waals surface area (Å²) in [5, 5.41) is 7.07. The van der Waals surface area contributed by atoms with Crippen molar-refractivity contribution in [2.24, 2.45) is 0 Å². The van der Waals surface area contributed by atoms with Gasteiger partial charge in [-0.1, -0.05) is 54.1 Å². The molecule has 0 unspecified atom stereocenters. The molecule has 0 aliphatic carbocycles. The summed E-state index contributed by atoms with van der Waals surface area (Å²) >= 11 is 6.13. The second-order valence-electron chi connectivity index (χ2n) is 5.03. The van der Waals surface area contributed by atoms with Crippen molar-refractivity contribution in [3.8, 4) is 0 Å². The number of para-hydroxylation sites is 1. The topological polar surface area (TPSA) is 49.8 Å². The molecule has 0 amide bonds. The Labute approximate surface area is 140 Å². The lowest BCUT2D eigenvalue weighted by atomic mass is 10.1. The molecule has 0 aliphatic heterocycles. The maximum Gasteiger partial charge on any atom is 0.229 e. The highest BCUT2D eigenvalue weighted by molar-refractivity contribution is 6.33. The minimum absolute atomic E-state index is 0.516. The van der Waals surface area contributed by atoms with Crippen molar-refractivity contribution in [3.05, 3.63) is 77.4 Å². The van der Waals surface area contributed by atoms with Crippen LogP contribution in [-0.2, 0) is 6.42 Å². The van der Waals surface area contributed by atoms with Crippen LogP contribution in [-0.4, -0.2) is 16.5 Å². The third-order valence-electron chi connectivity index (χ3n) is 3.34. The zero-order chi connectivity index (χ0) is 15.9. The smallest absolute Gasteiger partial charge is 0.229 e. The van der Waals surface area contributed by atoms with Crippen LogP contribution in [0.5, 0.6) is 0 Å². The van der Waals surface area contributed by atoms with Crippen LogP contribution in [0.4, 0.5) is 17.5 Å². The molecule has 1 aromatic heterocycles. The number of halogens is 1. The molecule has 116 valence electrons. The van der Waals surface area contributed by atoms with Gasteiger partial charge in [0.2, 0.25) is 5.95 Å². The van der Waals surface area contributed by atoms with Gasteiger partial charge in [-0.25, -0.2) is 4.98 Å². The zero-order valence-electron chi connectivity index (χ0n) is 12.5. The molecule has 2 N–H and O–H groups in total. The highest BCUT2D eigenvalue weighted by Crippen LogP contribution is 2.23. The monoisotopic (exact) mass is 324 g/mol. The van der Waals surface area contributed by atoms with E-state index >= 15 is 0 Å². The summed E-state index contributed by atoms with van der Waals surface area (Å²) in [4.78, 5) is 8.67. The van der Waals surface area contributed by atoms with Gasteiger partial charge >= 0.3 is 0 Å². The second kappa shape index (κ2) is 7.61. The Hall–Kier alpha value is -2.59. The SMILES string of the molecule is Clc1ccccc1Nc1nccc(NCCc2ccccc2)n1. The molecule has 4 nitrogen and oxygen atoms in total. The van der Waals surface area contributed by atoms with Crippen molar-refractivity contribution < 1.29 is 0 Å². The fraction of sp³-hybridized carbons (Fsp3) is 0.111. The van der Waals surface area contributed by atoms with Gasteiger partial charge in [-0.05, 0) is 30.2 Å². The summed E-state index contributed by atoms with van der Waals surface area (Å²) < 4.78 is 0. The van der Waals surface area contributed by atoms with Crippen LogP contribution in [0.1, 0.15) is 5.56 Å². The summed E-state index contributed by atoms with van der Waals surface area (Å²) in [5.41, 5.74) is 2.08. The minimum atomic E-state index is 0.516. The number of nitrogens with one attached hydrogen (secondary N) is 2. The van der Waals surface area contributed by atoms with E-state index in [1.54, 1.807) is 6.20 Å². The molecule has 0 aliphatic rings. The molecule has 0 fully saturated rings. The van der Waals surface area contributed by atoms with Gasteiger partial charge in [0, 0.05) is 12.7 Å². The largest absolute Gasteiger partial charge is 0.370 e. The minimum Gasteiger partial charge on any atom is -0.370 e. The van der Waals surface area contributed by atoms with Gasteiger partial charge < -0.3 is 10.6 Å². The van der Waals surface area contributed by atoms with Gasteiger partial charge in [-0.3, -0.25) is 0 Å². The lowest BCUT2D eigenvalue weighted by molar-refractivity contribution is 1.00. The Kier molecular flexibility index (Phi) is 5.06. The van der Waals surface area contributed by atoms with E-state index in [0.29, 0.717) is 11.0 Å². The third-order valence-corrected chi connectivity index (χ3v) is 3.67. The first-order chi connectivity index (χ1) is 11.3. The van der Waals surface area contributed by atoms with Crippen molar-refractivity contribution in [2.75, 3.05) is 17.2 Å². The third kappa shape index (κ3) is 4.44. The van der Waals surface area contributed by atoms with Gasteiger partial charge in [0.25, 0.3) is 0 Å². The molecule has 0 saturated carbocycles. The normalized spacial score (nSPS) is 10.3. The summed E-state index contributed by atoms with van der Waals surface area (Å²) in [7, 11) is 0. The van der Waals surface area contributed by atoms with Crippen LogP contribution in [0, 0.1) is 0 Å². The second-order valence-corrected chi connectivity index (χ2v) is 5.44. The maximum atomic E-state index is 6.13. The fourth-order valence-electron chi connectivity index (χ4n) is 2.18. The molecule has 5 heteroatoms. The van der Waals surface area contributed by atoms with Gasteiger partial charge in [0.15, 0.2) is 0 Å². The van der Waals surface area contributed by atoms with Gasteiger partial charge in [0.05, 0.1) is 10.7 Å². The number of anilines is 3. The van der Waals surface area contributed by atoms with Crippen LogP contribution in [0.3, 0.4) is 0 Å². The first kappa shape index (κ1) is 15.3. The van der Waals surface area contributed by atoms with E-state index in [2.05, 4.69) is 32.7 Å². The highest BCUT2D eigenvalue weighted by atomic mass is 35.5. The molecule has 0 bridgehead atoms. The lowest BCUT2D eigenvalue weighted by Gasteiger charge is -2.09. The van der Waals surface area contributed by atoms with E-state index in [0.717, 1.165) is 24.5 Å². The van der Waals surface area contributed by atoms with E-state index in [4.69, 9.17) is 11.6 Å². The van der Waals surface area contributed by atoms with Crippen molar-refractivity contribution in [1.82, 2.24) is 9.97 Å². The quantitative estimate of drug-likeness (QED) is 0.699. The molecule has 1 heterocycles. The van der Waals surface area contributed by atoms with Crippen molar-refractivity contribution in [3.63, 3.8) is 0 Å². The predicted molar refractivity (Wildman–Crippen MR) is 95.4 cm³/mol. The first-order valence-electron chi connectivity index (χ1n) is 7.44. The maximum absolute atomic E-state index is 6.13. The van der Waals surface area contributed by atoms with Crippen molar-refractivity contribution >= 4 is 29.1 Å². The van der Waals surface area contributed by atoms with E-state index < -0.39 is 0 Å². The van der Waals surface area contributed by atoms with Crippen LogP contribution < -0.4 is 10.6 Å². The number of hydrogen-bond acceptors (Lipinski definition) is 4. The van der Waals surface area contributed by atoms with Crippen molar-refractivity contribution in [2.45, 2.75) is 6.42 Å². The van der Waals surface area contributed by atoms with E-state index in [-0.39, 0.29) is 0 Å². The molecule has 0 saturated heterocycles. The Morgan fingerprint density at radius 3 is 2.52 bits per heavy atom. The van der Waals surface area contributed by atoms with Crippen LogP contribution in [0.25, 0.3) is 0 Å².